The van der Waals surface area contributed by atoms with Gasteiger partial charge in [-0.25, -0.2) is 9.97 Å². The Bertz CT molecular complexity index is 1240. The first-order valence-electron chi connectivity index (χ1n) is 9.21. The average molecular weight is 398 g/mol. The summed E-state index contributed by atoms with van der Waals surface area (Å²) in [4.78, 5) is 36.8. The van der Waals surface area contributed by atoms with Gasteiger partial charge in [0, 0.05) is 36.1 Å². The molecular weight excluding hydrogens is 380 g/mol. The van der Waals surface area contributed by atoms with E-state index in [4.69, 9.17) is 0 Å². The molecule has 2 heterocycles. The summed E-state index contributed by atoms with van der Waals surface area (Å²) in [5.74, 6) is -0.269. The molecule has 4 rings (SSSR count). The third-order valence-electron chi connectivity index (χ3n) is 4.21. The van der Waals surface area contributed by atoms with Crippen molar-refractivity contribution in [3.63, 3.8) is 0 Å². The minimum absolute atomic E-state index is 0.162. The number of aromatic nitrogens is 3. The number of rotatable bonds is 5. The Hall–Kier alpha value is -4.33. The number of para-hydroxylation sites is 1. The van der Waals surface area contributed by atoms with Crippen LogP contribution in [0.4, 0.5) is 23.0 Å². The number of hydrogen-bond donors (Lipinski definition) is 3. The molecule has 0 radical (unpaired) electrons. The second-order valence-electron chi connectivity index (χ2n) is 6.49. The van der Waals surface area contributed by atoms with Gasteiger partial charge in [0.15, 0.2) is 0 Å². The van der Waals surface area contributed by atoms with E-state index in [0.29, 0.717) is 22.6 Å². The average Bonchev–Trinajstić information content (AvgIpc) is 2.74. The summed E-state index contributed by atoms with van der Waals surface area (Å²) in [6, 6.07) is 18.0. The predicted molar refractivity (Wildman–Crippen MR) is 116 cm³/mol. The van der Waals surface area contributed by atoms with Crippen molar-refractivity contribution in [2.45, 2.75) is 6.92 Å². The van der Waals surface area contributed by atoms with E-state index in [1.165, 1.54) is 19.2 Å². The third kappa shape index (κ3) is 4.39. The van der Waals surface area contributed by atoms with Crippen LogP contribution in [0.15, 0.2) is 73.1 Å². The van der Waals surface area contributed by atoms with Gasteiger partial charge < -0.3 is 16.0 Å². The smallest absolute Gasteiger partial charge is 0.274 e. The number of carbonyl (C=O) groups is 2. The van der Waals surface area contributed by atoms with E-state index < -0.39 is 0 Å². The number of nitrogens with zero attached hydrogens (tertiary/aromatic N) is 3. The van der Waals surface area contributed by atoms with E-state index in [1.807, 2.05) is 30.3 Å². The van der Waals surface area contributed by atoms with Crippen LogP contribution >= 0.6 is 0 Å². The first kappa shape index (κ1) is 19.0. The number of carbonyl (C=O) groups excluding carboxylic acids is 2. The van der Waals surface area contributed by atoms with Crippen molar-refractivity contribution in [1.82, 2.24) is 15.0 Å². The van der Waals surface area contributed by atoms with Crippen molar-refractivity contribution >= 4 is 45.7 Å². The van der Waals surface area contributed by atoms with E-state index in [1.54, 1.807) is 30.5 Å². The molecule has 4 aromatic rings. The summed E-state index contributed by atoms with van der Waals surface area (Å²) >= 11 is 0. The van der Waals surface area contributed by atoms with E-state index in [-0.39, 0.29) is 23.5 Å². The molecule has 2 aromatic carbocycles. The quantitative estimate of drug-likeness (QED) is 0.469. The first-order valence-corrected chi connectivity index (χ1v) is 9.21. The van der Waals surface area contributed by atoms with Crippen molar-refractivity contribution in [3.05, 3.63) is 78.8 Å². The summed E-state index contributed by atoms with van der Waals surface area (Å²) < 4.78 is 0. The maximum absolute atomic E-state index is 12.7. The van der Waals surface area contributed by atoms with Crippen LogP contribution in [-0.4, -0.2) is 26.8 Å². The molecule has 2 amide bonds. The monoisotopic (exact) mass is 398 g/mol. The zero-order valence-corrected chi connectivity index (χ0v) is 16.1. The molecule has 0 fully saturated rings. The van der Waals surface area contributed by atoms with Crippen LogP contribution in [0.1, 0.15) is 17.4 Å². The lowest BCUT2D eigenvalue weighted by Crippen LogP contribution is -2.15. The third-order valence-corrected chi connectivity index (χ3v) is 4.21. The van der Waals surface area contributed by atoms with Gasteiger partial charge in [0.2, 0.25) is 11.9 Å². The van der Waals surface area contributed by atoms with E-state index in [9.17, 15) is 9.59 Å². The fourth-order valence-corrected chi connectivity index (χ4v) is 2.94. The molecular formula is C22H18N6O2. The molecule has 8 heteroatoms. The van der Waals surface area contributed by atoms with Crippen LogP contribution in [0.2, 0.25) is 0 Å². The maximum Gasteiger partial charge on any atom is 0.274 e. The van der Waals surface area contributed by atoms with Crippen LogP contribution in [0.5, 0.6) is 0 Å². The molecule has 0 unspecified atom stereocenters. The highest BCUT2D eigenvalue weighted by atomic mass is 16.2. The second-order valence-corrected chi connectivity index (χ2v) is 6.49. The Morgan fingerprint density at radius 3 is 2.50 bits per heavy atom. The Balaban J connectivity index is 1.53. The lowest BCUT2D eigenvalue weighted by Gasteiger charge is -2.10. The van der Waals surface area contributed by atoms with Gasteiger partial charge in [0.05, 0.1) is 11.2 Å². The Morgan fingerprint density at radius 2 is 1.63 bits per heavy atom. The van der Waals surface area contributed by atoms with Gasteiger partial charge in [-0.15, -0.1) is 0 Å². The van der Waals surface area contributed by atoms with Gasteiger partial charge in [0.1, 0.15) is 5.69 Å². The standard InChI is InChI=1S/C22H18N6O2/c1-14(29)25-16-7-3-8-17(13-16)26-22-24-12-10-19(28-22)21(30)27-18-9-2-5-15-6-4-11-23-20(15)18/h2-13H,1H3,(H,25,29)(H,27,30)(H,24,26,28). The highest BCUT2D eigenvalue weighted by Gasteiger charge is 2.12. The fraction of sp³-hybridized carbons (Fsp3) is 0.0455. The zero-order chi connectivity index (χ0) is 20.9. The van der Waals surface area contributed by atoms with Gasteiger partial charge in [-0.05, 0) is 36.4 Å². The minimum atomic E-state index is -0.370. The molecule has 0 aliphatic heterocycles. The molecule has 0 spiro atoms. The molecule has 0 bridgehead atoms. The molecule has 0 saturated carbocycles. The van der Waals surface area contributed by atoms with Gasteiger partial charge in [-0.1, -0.05) is 24.3 Å². The van der Waals surface area contributed by atoms with Crippen LogP contribution in [-0.2, 0) is 4.79 Å². The number of benzene rings is 2. The molecule has 148 valence electrons. The van der Waals surface area contributed by atoms with Crippen molar-refractivity contribution in [2.24, 2.45) is 0 Å². The normalized spacial score (nSPS) is 10.4. The number of hydrogen-bond acceptors (Lipinski definition) is 6. The second kappa shape index (κ2) is 8.36. The molecule has 8 nitrogen and oxygen atoms in total. The zero-order valence-electron chi connectivity index (χ0n) is 16.1. The molecule has 30 heavy (non-hydrogen) atoms. The summed E-state index contributed by atoms with van der Waals surface area (Å²) in [6.07, 6.45) is 3.18. The van der Waals surface area contributed by atoms with Crippen molar-refractivity contribution in [1.29, 1.82) is 0 Å². The molecule has 0 saturated heterocycles. The van der Waals surface area contributed by atoms with Crippen molar-refractivity contribution in [3.8, 4) is 0 Å². The van der Waals surface area contributed by atoms with Crippen LogP contribution in [0, 0.1) is 0 Å². The van der Waals surface area contributed by atoms with Gasteiger partial charge in [-0.3, -0.25) is 14.6 Å². The summed E-state index contributed by atoms with van der Waals surface area (Å²) in [7, 11) is 0. The molecule has 3 N–H and O–H groups in total. The summed E-state index contributed by atoms with van der Waals surface area (Å²) in [5.41, 5.74) is 2.84. The molecule has 0 atom stereocenters. The Kier molecular flexibility index (Phi) is 5.29. The van der Waals surface area contributed by atoms with Crippen molar-refractivity contribution in [2.75, 3.05) is 16.0 Å². The molecule has 0 aliphatic carbocycles. The van der Waals surface area contributed by atoms with Crippen LogP contribution < -0.4 is 16.0 Å². The lowest BCUT2D eigenvalue weighted by atomic mass is 10.2. The number of anilines is 4. The van der Waals surface area contributed by atoms with Crippen molar-refractivity contribution < 1.29 is 9.59 Å². The minimum Gasteiger partial charge on any atom is -0.326 e. The van der Waals surface area contributed by atoms with Crippen LogP contribution in [0.3, 0.4) is 0 Å². The fourth-order valence-electron chi connectivity index (χ4n) is 2.94. The van der Waals surface area contributed by atoms with Gasteiger partial charge in [-0.2, -0.15) is 0 Å². The molecule has 0 aliphatic rings. The number of fused-ring (bicyclic) bond motifs is 1. The van der Waals surface area contributed by atoms with E-state index >= 15 is 0 Å². The maximum atomic E-state index is 12.7. The highest BCUT2D eigenvalue weighted by molar-refractivity contribution is 6.07. The first-order chi connectivity index (χ1) is 14.6. The summed E-state index contributed by atoms with van der Waals surface area (Å²) in [5, 5.41) is 9.54. The SMILES string of the molecule is CC(=O)Nc1cccc(Nc2nccc(C(=O)Nc3cccc4cccnc34)n2)c1. The Morgan fingerprint density at radius 1 is 0.833 bits per heavy atom. The lowest BCUT2D eigenvalue weighted by molar-refractivity contribution is -0.114. The number of pyridine rings is 1. The van der Waals surface area contributed by atoms with Crippen LogP contribution in [0.25, 0.3) is 10.9 Å². The van der Waals surface area contributed by atoms with E-state index in [0.717, 1.165) is 5.39 Å². The number of amides is 2. The molecule has 2 aromatic heterocycles. The summed E-state index contributed by atoms with van der Waals surface area (Å²) in [6.45, 7) is 1.44. The Labute approximate surface area is 172 Å². The predicted octanol–water partition coefficient (Wildman–Crippen LogP) is 3.98. The number of nitrogens with one attached hydrogen (secondary N) is 3. The van der Waals surface area contributed by atoms with E-state index in [2.05, 4.69) is 30.9 Å². The largest absolute Gasteiger partial charge is 0.326 e. The van der Waals surface area contributed by atoms with Gasteiger partial charge in [0.25, 0.3) is 5.91 Å². The van der Waals surface area contributed by atoms with Gasteiger partial charge >= 0.3 is 0 Å². The topological polar surface area (TPSA) is 109 Å². The highest BCUT2D eigenvalue weighted by Crippen LogP contribution is 2.22.